The van der Waals surface area contributed by atoms with Crippen LogP contribution in [-0.2, 0) is 0 Å². The second kappa shape index (κ2) is 8.85. The lowest BCUT2D eigenvalue weighted by molar-refractivity contribution is 0.261. The summed E-state index contributed by atoms with van der Waals surface area (Å²) in [5, 5.41) is 2.81. The molecule has 0 atom stereocenters. The Morgan fingerprint density at radius 3 is 2.19 bits per heavy atom. The second-order valence-corrected chi connectivity index (χ2v) is 3.24. The average molecular weight is 224 g/mol. The molecule has 0 heterocycles. The predicted molar refractivity (Wildman–Crippen MR) is 67.3 cm³/mol. The van der Waals surface area contributed by atoms with Gasteiger partial charge in [0.25, 0.3) is 0 Å². The van der Waals surface area contributed by atoms with Gasteiger partial charge in [-0.3, -0.25) is 0 Å². The molecule has 4 nitrogen and oxygen atoms in total. The Morgan fingerprint density at radius 2 is 1.75 bits per heavy atom. The minimum atomic E-state index is 0.421. The normalized spacial score (nSPS) is 9.31. The molecule has 0 fully saturated rings. The third-order valence-electron chi connectivity index (χ3n) is 1.75. The summed E-state index contributed by atoms with van der Waals surface area (Å²) in [6.07, 6.45) is 0. The van der Waals surface area contributed by atoms with Crippen LogP contribution in [0.25, 0.3) is 0 Å². The Hall–Kier alpha value is -1.42. The van der Waals surface area contributed by atoms with E-state index in [9.17, 15) is 4.91 Å². The Kier molecular flexibility index (Phi) is 8.07. The van der Waals surface area contributed by atoms with Gasteiger partial charge in [0.1, 0.15) is 18.0 Å². The Labute approximate surface area is 97.2 Å². The molecule has 0 radical (unpaired) electrons. The summed E-state index contributed by atoms with van der Waals surface area (Å²) in [5.41, 5.74) is 0.421. The van der Waals surface area contributed by atoms with E-state index in [1.807, 2.05) is 32.8 Å². The first-order chi connectivity index (χ1) is 7.72. The van der Waals surface area contributed by atoms with Crippen molar-refractivity contribution in [3.8, 4) is 5.75 Å². The molecule has 0 saturated carbocycles. The van der Waals surface area contributed by atoms with E-state index in [4.69, 9.17) is 4.74 Å². The van der Waals surface area contributed by atoms with Crippen molar-refractivity contribution in [2.75, 3.05) is 27.2 Å². The van der Waals surface area contributed by atoms with Gasteiger partial charge in [-0.15, -0.1) is 4.91 Å². The highest BCUT2D eigenvalue weighted by Crippen LogP contribution is 2.17. The summed E-state index contributed by atoms with van der Waals surface area (Å²) >= 11 is 0. The predicted octanol–water partition coefficient (Wildman–Crippen LogP) is 3.05. The van der Waals surface area contributed by atoms with Gasteiger partial charge in [-0.2, -0.15) is 0 Å². The standard InChI is InChI=1S/C10H14N2O2.C2H6/c1-12(2)7-8-14-10-5-3-9(11-13)4-6-10;1-2/h3-6H,7-8H2,1-2H3;1-2H3. The van der Waals surface area contributed by atoms with Gasteiger partial charge in [0, 0.05) is 6.54 Å². The van der Waals surface area contributed by atoms with E-state index in [0.29, 0.717) is 12.3 Å². The zero-order valence-corrected chi connectivity index (χ0v) is 10.4. The summed E-state index contributed by atoms with van der Waals surface area (Å²) < 4.78 is 5.43. The van der Waals surface area contributed by atoms with Gasteiger partial charge in [0.05, 0.1) is 0 Å². The number of hydrogen-bond acceptors (Lipinski definition) is 4. The Morgan fingerprint density at radius 1 is 1.19 bits per heavy atom. The quantitative estimate of drug-likeness (QED) is 0.722. The van der Waals surface area contributed by atoms with E-state index >= 15 is 0 Å². The molecule has 16 heavy (non-hydrogen) atoms. The van der Waals surface area contributed by atoms with Gasteiger partial charge < -0.3 is 9.64 Å². The first-order valence-corrected chi connectivity index (χ1v) is 5.43. The van der Waals surface area contributed by atoms with Crippen LogP contribution in [0.3, 0.4) is 0 Å². The summed E-state index contributed by atoms with van der Waals surface area (Å²) in [6, 6.07) is 6.76. The smallest absolute Gasteiger partial charge is 0.119 e. The first kappa shape index (κ1) is 14.6. The zero-order valence-electron chi connectivity index (χ0n) is 10.4. The highest BCUT2D eigenvalue weighted by molar-refractivity contribution is 5.40. The van der Waals surface area contributed by atoms with Crippen LogP contribution in [0.1, 0.15) is 13.8 Å². The van der Waals surface area contributed by atoms with E-state index in [1.54, 1.807) is 24.3 Å². The molecule has 1 rings (SSSR count). The fourth-order valence-electron chi connectivity index (χ4n) is 0.949. The van der Waals surface area contributed by atoms with Crippen molar-refractivity contribution in [3.63, 3.8) is 0 Å². The minimum absolute atomic E-state index is 0.421. The average Bonchev–Trinajstić information content (AvgIpc) is 2.32. The number of likely N-dealkylation sites (N-methyl/N-ethyl adjacent to an activating group) is 1. The highest BCUT2D eigenvalue weighted by Gasteiger charge is 1.95. The van der Waals surface area contributed by atoms with Crippen LogP contribution in [0.15, 0.2) is 29.4 Å². The number of nitroso groups, excluding NO2 is 1. The maximum Gasteiger partial charge on any atom is 0.119 e. The second-order valence-electron chi connectivity index (χ2n) is 3.24. The van der Waals surface area contributed by atoms with Gasteiger partial charge in [-0.25, -0.2) is 0 Å². The van der Waals surface area contributed by atoms with E-state index in [0.717, 1.165) is 12.3 Å². The molecule has 0 spiro atoms. The van der Waals surface area contributed by atoms with E-state index in [-0.39, 0.29) is 0 Å². The van der Waals surface area contributed by atoms with Crippen LogP contribution in [-0.4, -0.2) is 32.1 Å². The summed E-state index contributed by atoms with van der Waals surface area (Å²) in [5.74, 6) is 0.763. The lowest BCUT2D eigenvalue weighted by atomic mass is 10.3. The Bertz CT molecular complexity index is 284. The van der Waals surface area contributed by atoms with Crippen molar-refractivity contribution >= 4 is 5.69 Å². The van der Waals surface area contributed by atoms with Crippen LogP contribution < -0.4 is 4.74 Å². The summed E-state index contributed by atoms with van der Waals surface area (Å²) in [6.45, 7) is 5.51. The SMILES string of the molecule is CC.CN(C)CCOc1ccc(N=O)cc1. The molecule has 0 aliphatic carbocycles. The van der Waals surface area contributed by atoms with Crippen molar-refractivity contribution in [2.24, 2.45) is 5.18 Å². The van der Waals surface area contributed by atoms with Gasteiger partial charge in [0.2, 0.25) is 0 Å². The Balaban J connectivity index is 0.00000106. The molecular formula is C12H20N2O2. The molecule has 0 N–H and O–H groups in total. The van der Waals surface area contributed by atoms with E-state index in [1.165, 1.54) is 0 Å². The van der Waals surface area contributed by atoms with Crippen LogP contribution in [0, 0.1) is 4.91 Å². The van der Waals surface area contributed by atoms with Gasteiger partial charge in [-0.05, 0) is 43.5 Å². The minimum Gasteiger partial charge on any atom is -0.492 e. The molecule has 0 saturated heterocycles. The van der Waals surface area contributed by atoms with Crippen LogP contribution in [0.4, 0.5) is 5.69 Å². The third kappa shape index (κ3) is 6.14. The first-order valence-electron chi connectivity index (χ1n) is 5.43. The molecule has 0 aliphatic rings. The molecule has 90 valence electrons. The van der Waals surface area contributed by atoms with Gasteiger partial charge in [0.15, 0.2) is 0 Å². The topological polar surface area (TPSA) is 41.9 Å². The third-order valence-corrected chi connectivity index (χ3v) is 1.75. The highest BCUT2D eigenvalue weighted by atomic mass is 16.5. The van der Waals surface area contributed by atoms with E-state index in [2.05, 4.69) is 5.18 Å². The maximum absolute atomic E-state index is 10.1. The van der Waals surface area contributed by atoms with Crippen LogP contribution in [0.5, 0.6) is 5.75 Å². The van der Waals surface area contributed by atoms with Gasteiger partial charge in [-0.1, -0.05) is 13.8 Å². The maximum atomic E-state index is 10.1. The summed E-state index contributed by atoms with van der Waals surface area (Å²) in [7, 11) is 3.98. The number of rotatable bonds is 5. The van der Waals surface area contributed by atoms with Gasteiger partial charge >= 0.3 is 0 Å². The molecule has 0 amide bonds. The van der Waals surface area contributed by atoms with Crippen LogP contribution >= 0.6 is 0 Å². The molecule has 4 heteroatoms. The molecule has 1 aromatic carbocycles. The molecule has 0 aromatic heterocycles. The number of hydrogen-bond donors (Lipinski definition) is 0. The summed E-state index contributed by atoms with van der Waals surface area (Å²) in [4.78, 5) is 12.2. The lowest BCUT2D eigenvalue weighted by Gasteiger charge is -2.10. The number of ether oxygens (including phenoxy) is 1. The van der Waals surface area contributed by atoms with E-state index < -0.39 is 0 Å². The van der Waals surface area contributed by atoms with Crippen molar-refractivity contribution in [1.29, 1.82) is 0 Å². The number of benzene rings is 1. The zero-order chi connectivity index (χ0) is 12.4. The molecular weight excluding hydrogens is 204 g/mol. The molecule has 0 unspecified atom stereocenters. The van der Waals surface area contributed by atoms with Crippen molar-refractivity contribution < 1.29 is 4.74 Å². The van der Waals surface area contributed by atoms with Crippen LogP contribution in [0.2, 0.25) is 0 Å². The molecule has 0 aliphatic heterocycles. The van der Waals surface area contributed by atoms with Crippen molar-refractivity contribution in [3.05, 3.63) is 29.2 Å². The van der Waals surface area contributed by atoms with Crippen molar-refractivity contribution in [1.82, 2.24) is 4.90 Å². The molecule has 0 bridgehead atoms. The monoisotopic (exact) mass is 224 g/mol. The van der Waals surface area contributed by atoms with Crippen molar-refractivity contribution in [2.45, 2.75) is 13.8 Å². The molecule has 1 aromatic rings. The fourth-order valence-corrected chi connectivity index (χ4v) is 0.949. The lowest BCUT2D eigenvalue weighted by Crippen LogP contribution is -2.19. The fraction of sp³-hybridized carbons (Fsp3) is 0.500. The number of nitrogens with zero attached hydrogens (tertiary/aromatic N) is 2. The largest absolute Gasteiger partial charge is 0.492 e.